The number of aromatic nitrogens is 2. The van der Waals surface area contributed by atoms with Crippen molar-refractivity contribution in [3.63, 3.8) is 0 Å². The third-order valence-electron chi connectivity index (χ3n) is 2.26. The quantitative estimate of drug-likeness (QED) is 0.889. The maximum absolute atomic E-state index is 5.92. The van der Waals surface area contributed by atoms with E-state index < -0.39 is 0 Å². The molecule has 2 rings (SSSR count). The van der Waals surface area contributed by atoms with Crippen LogP contribution in [0.1, 0.15) is 11.5 Å². The molecule has 4 nitrogen and oxygen atoms in total. The Labute approximate surface area is 98.4 Å². The molecule has 0 aliphatic heterocycles. The van der Waals surface area contributed by atoms with Gasteiger partial charge in [0.2, 0.25) is 11.8 Å². The van der Waals surface area contributed by atoms with Gasteiger partial charge in [-0.2, -0.15) is 0 Å². The minimum atomic E-state index is 0.489. The summed E-state index contributed by atoms with van der Waals surface area (Å²) in [4.78, 5) is 0. The molecule has 1 aromatic carbocycles. The molecule has 0 spiro atoms. The molecule has 84 valence electrons. The van der Waals surface area contributed by atoms with E-state index in [1.807, 2.05) is 25.1 Å². The molecule has 0 bridgehead atoms. The summed E-state index contributed by atoms with van der Waals surface area (Å²) in [7, 11) is 0. The maximum Gasteiger partial charge on any atom is 0.248 e. The van der Waals surface area contributed by atoms with Crippen LogP contribution in [0.5, 0.6) is 0 Å². The van der Waals surface area contributed by atoms with Crippen LogP contribution in [0.15, 0.2) is 22.6 Å². The lowest BCUT2D eigenvalue weighted by Crippen LogP contribution is -2.02. The molecule has 0 fully saturated rings. The predicted molar refractivity (Wildman–Crippen MR) is 62.2 cm³/mol. The van der Waals surface area contributed by atoms with Crippen molar-refractivity contribution in [1.82, 2.24) is 10.2 Å². The predicted octanol–water partition coefficient (Wildman–Crippen LogP) is 2.20. The van der Waals surface area contributed by atoms with E-state index in [-0.39, 0.29) is 0 Å². The van der Waals surface area contributed by atoms with Crippen molar-refractivity contribution in [2.24, 2.45) is 5.73 Å². The van der Waals surface area contributed by atoms with E-state index in [1.54, 1.807) is 0 Å². The summed E-state index contributed by atoms with van der Waals surface area (Å²) in [5.41, 5.74) is 7.33. The van der Waals surface area contributed by atoms with Gasteiger partial charge in [0.05, 0.1) is 0 Å². The van der Waals surface area contributed by atoms with Crippen molar-refractivity contribution in [2.75, 3.05) is 6.54 Å². The number of aryl methyl sites for hydroxylation is 1. The Hall–Kier alpha value is -1.39. The molecular weight excluding hydrogens is 226 g/mol. The number of nitrogens with two attached hydrogens (primary N) is 1. The van der Waals surface area contributed by atoms with Crippen LogP contribution in [0.2, 0.25) is 5.02 Å². The first-order valence-corrected chi connectivity index (χ1v) is 5.37. The second kappa shape index (κ2) is 4.63. The molecular formula is C11H12ClN3O. The normalized spacial score (nSPS) is 10.7. The van der Waals surface area contributed by atoms with Gasteiger partial charge in [0, 0.05) is 23.6 Å². The molecule has 2 aromatic rings. The molecule has 0 unspecified atom stereocenters. The summed E-state index contributed by atoms with van der Waals surface area (Å²) in [6.45, 7) is 2.47. The Balaban J connectivity index is 2.38. The van der Waals surface area contributed by atoms with E-state index in [4.69, 9.17) is 21.8 Å². The van der Waals surface area contributed by atoms with Crippen molar-refractivity contribution in [3.8, 4) is 11.5 Å². The van der Waals surface area contributed by atoms with Crippen LogP contribution in [0.25, 0.3) is 11.5 Å². The van der Waals surface area contributed by atoms with Crippen LogP contribution in [0.3, 0.4) is 0 Å². The van der Waals surface area contributed by atoms with E-state index in [1.165, 1.54) is 0 Å². The van der Waals surface area contributed by atoms with Gasteiger partial charge in [-0.15, -0.1) is 10.2 Å². The van der Waals surface area contributed by atoms with Crippen molar-refractivity contribution in [3.05, 3.63) is 34.7 Å². The fraction of sp³-hybridized carbons (Fsp3) is 0.273. The van der Waals surface area contributed by atoms with Crippen molar-refractivity contribution in [1.29, 1.82) is 0 Å². The van der Waals surface area contributed by atoms with E-state index in [9.17, 15) is 0 Å². The third kappa shape index (κ3) is 2.23. The van der Waals surface area contributed by atoms with Crippen molar-refractivity contribution >= 4 is 11.6 Å². The molecule has 0 amide bonds. The summed E-state index contributed by atoms with van der Waals surface area (Å²) < 4.78 is 5.49. The van der Waals surface area contributed by atoms with E-state index in [2.05, 4.69) is 10.2 Å². The second-order valence-corrected chi connectivity index (χ2v) is 3.94. The Morgan fingerprint density at radius 3 is 2.94 bits per heavy atom. The number of rotatable bonds is 3. The zero-order chi connectivity index (χ0) is 11.5. The van der Waals surface area contributed by atoms with Gasteiger partial charge in [0.15, 0.2) is 0 Å². The number of halogens is 1. The van der Waals surface area contributed by atoms with Crippen LogP contribution in [-0.2, 0) is 6.42 Å². The Bertz CT molecular complexity index is 496. The van der Waals surface area contributed by atoms with Gasteiger partial charge in [-0.05, 0) is 24.6 Å². The Morgan fingerprint density at radius 2 is 2.19 bits per heavy atom. The molecule has 1 aromatic heterocycles. The first-order valence-electron chi connectivity index (χ1n) is 4.99. The standard InChI is InChI=1S/C11H12ClN3O/c1-7-2-3-8(12)6-9(7)11-15-14-10(16-11)4-5-13/h2-3,6H,4-5,13H2,1H3. The molecule has 0 atom stereocenters. The van der Waals surface area contributed by atoms with Crippen LogP contribution in [0, 0.1) is 6.92 Å². The maximum atomic E-state index is 5.92. The molecule has 0 aliphatic carbocycles. The number of benzene rings is 1. The highest BCUT2D eigenvalue weighted by Crippen LogP contribution is 2.25. The molecule has 0 saturated heterocycles. The lowest BCUT2D eigenvalue weighted by atomic mass is 10.1. The minimum Gasteiger partial charge on any atom is -0.421 e. The topological polar surface area (TPSA) is 64.9 Å². The second-order valence-electron chi connectivity index (χ2n) is 3.50. The van der Waals surface area contributed by atoms with Gasteiger partial charge in [-0.25, -0.2) is 0 Å². The van der Waals surface area contributed by atoms with Crippen molar-refractivity contribution in [2.45, 2.75) is 13.3 Å². The Kier molecular flexibility index (Phi) is 3.22. The zero-order valence-electron chi connectivity index (χ0n) is 8.90. The Morgan fingerprint density at radius 1 is 1.38 bits per heavy atom. The van der Waals surface area contributed by atoms with Crippen LogP contribution in [-0.4, -0.2) is 16.7 Å². The lowest BCUT2D eigenvalue weighted by Gasteiger charge is -2.00. The van der Waals surface area contributed by atoms with Gasteiger partial charge in [0.1, 0.15) is 0 Å². The molecule has 0 saturated carbocycles. The molecule has 1 heterocycles. The van der Waals surface area contributed by atoms with Crippen LogP contribution < -0.4 is 5.73 Å². The van der Waals surface area contributed by atoms with E-state index in [0.29, 0.717) is 29.8 Å². The average Bonchev–Trinajstić information content (AvgIpc) is 2.71. The van der Waals surface area contributed by atoms with Gasteiger partial charge < -0.3 is 10.2 Å². The summed E-state index contributed by atoms with van der Waals surface area (Å²) in [6.07, 6.45) is 0.590. The number of hydrogen-bond donors (Lipinski definition) is 1. The summed E-state index contributed by atoms with van der Waals surface area (Å²) in [5, 5.41) is 8.54. The molecule has 0 aliphatic rings. The van der Waals surface area contributed by atoms with Crippen molar-refractivity contribution < 1.29 is 4.42 Å². The molecule has 0 radical (unpaired) electrons. The van der Waals surface area contributed by atoms with Gasteiger partial charge >= 0.3 is 0 Å². The molecule has 16 heavy (non-hydrogen) atoms. The fourth-order valence-electron chi connectivity index (χ4n) is 1.41. The van der Waals surface area contributed by atoms with Gasteiger partial charge in [-0.3, -0.25) is 0 Å². The highest BCUT2D eigenvalue weighted by atomic mass is 35.5. The molecule has 2 N–H and O–H groups in total. The van der Waals surface area contributed by atoms with Gasteiger partial charge in [-0.1, -0.05) is 17.7 Å². The van der Waals surface area contributed by atoms with Crippen LogP contribution >= 0.6 is 11.6 Å². The highest BCUT2D eigenvalue weighted by Gasteiger charge is 2.10. The fourth-order valence-corrected chi connectivity index (χ4v) is 1.58. The minimum absolute atomic E-state index is 0.489. The number of nitrogens with zero attached hydrogens (tertiary/aromatic N) is 2. The monoisotopic (exact) mass is 237 g/mol. The lowest BCUT2D eigenvalue weighted by molar-refractivity contribution is 0.507. The largest absolute Gasteiger partial charge is 0.421 e. The summed E-state index contributed by atoms with van der Waals surface area (Å²) >= 11 is 5.92. The SMILES string of the molecule is Cc1ccc(Cl)cc1-c1nnc(CCN)o1. The smallest absolute Gasteiger partial charge is 0.248 e. The summed E-state index contributed by atoms with van der Waals surface area (Å²) in [6, 6.07) is 5.57. The van der Waals surface area contributed by atoms with Gasteiger partial charge in [0.25, 0.3) is 0 Å². The van der Waals surface area contributed by atoms with E-state index >= 15 is 0 Å². The molecule has 5 heteroatoms. The first-order chi connectivity index (χ1) is 7.70. The summed E-state index contributed by atoms with van der Waals surface area (Å²) in [5.74, 6) is 1.04. The number of hydrogen-bond acceptors (Lipinski definition) is 4. The van der Waals surface area contributed by atoms with Crippen LogP contribution in [0.4, 0.5) is 0 Å². The zero-order valence-corrected chi connectivity index (χ0v) is 9.66. The van der Waals surface area contributed by atoms with E-state index in [0.717, 1.165) is 11.1 Å². The highest BCUT2D eigenvalue weighted by molar-refractivity contribution is 6.30. The first kappa shape index (κ1) is 11.1. The average molecular weight is 238 g/mol. The third-order valence-corrected chi connectivity index (χ3v) is 2.49.